The lowest BCUT2D eigenvalue weighted by molar-refractivity contribution is 0.112. The van der Waals surface area contributed by atoms with Crippen molar-refractivity contribution in [3.63, 3.8) is 0 Å². The first-order chi connectivity index (χ1) is 9.76. The summed E-state index contributed by atoms with van der Waals surface area (Å²) >= 11 is 0. The Morgan fingerprint density at radius 2 is 2.05 bits per heavy atom. The molecule has 3 aromatic rings. The Bertz CT molecular complexity index is 853. The van der Waals surface area contributed by atoms with Crippen LogP contribution in [0.2, 0.25) is 0 Å². The smallest absolute Gasteiger partial charge is 0.153 e. The molecule has 0 aliphatic heterocycles. The third-order valence-corrected chi connectivity index (χ3v) is 3.48. The van der Waals surface area contributed by atoms with Crippen LogP contribution in [-0.2, 0) is 7.05 Å². The molecule has 98 valence electrons. The second-order valence-corrected chi connectivity index (χ2v) is 4.59. The Hall–Kier alpha value is -2.73. The number of ether oxygens (including phenoxy) is 1. The van der Waals surface area contributed by atoms with Crippen LogP contribution < -0.4 is 4.74 Å². The highest BCUT2D eigenvalue weighted by Crippen LogP contribution is 2.32. The number of nitrogens with zero attached hydrogens (tertiary/aromatic N) is 1. The van der Waals surface area contributed by atoms with Crippen LogP contribution in [0.25, 0.3) is 21.8 Å². The first kappa shape index (κ1) is 12.3. The molecule has 2 aromatic carbocycles. The minimum atomic E-state index is 0.149. The van der Waals surface area contributed by atoms with Crippen LogP contribution >= 0.6 is 0 Å². The van der Waals surface area contributed by atoms with E-state index in [9.17, 15) is 4.79 Å². The average Bonchev–Trinajstić information content (AvgIpc) is 2.77. The first-order valence-electron chi connectivity index (χ1n) is 6.29. The predicted octanol–water partition coefficient (Wildman–Crippen LogP) is 3.16. The molecule has 0 radical (unpaired) electrons. The van der Waals surface area contributed by atoms with Crippen LogP contribution in [0.3, 0.4) is 0 Å². The molecule has 1 aromatic heterocycles. The maximum atomic E-state index is 11.2. The zero-order chi connectivity index (χ0) is 14.1. The van der Waals surface area contributed by atoms with Crippen LogP contribution in [0.4, 0.5) is 0 Å². The number of fused-ring (bicyclic) bond motifs is 3. The van der Waals surface area contributed by atoms with Gasteiger partial charge in [-0.15, -0.1) is 6.42 Å². The van der Waals surface area contributed by atoms with Gasteiger partial charge in [0.15, 0.2) is 6.29 Å². The van der Waals surface area contributed by atoms with E-state index in [2.05, 4.69) is 16.6 Å². The van der Waals surface area contributed by atoms with Crippen molar-refractivity contribution in [3.05, 3.63) is 42.0 Å². The summed E-state index contributed by atoms with van der Waals surface area (Å²) in [5.74, 6) is 2.94. The number of aromatic nitrogens is 1. The van der Waals surface area contributed by atoms with Crippen LogP contribution in [0, 0.1) is 12.3 Å². The van der Waals surface area contributed by atoms with Crippen molar-refractivity contribution in [2.75, 3.05) is 6.61 Å². The number of benzene rings is 2. The highest BCUT2D eigenvalue weighted by atomic mass is 16.5. The molecule has 3 nitrogen and oxygen atoms in total. The summed E-state index contributed by atoms with van der Waals surface area (Å²) in [6.45, 7) is 0.149. The van der Waals surface area contributed by atoms with Gasteiger partial charge < -0.3 is 9.30 Å². The van der Waals surface area contributed by atoms with Gasteiger partial charge in [-0.3, -0.25) is 4.79 Å². The lowest BCUT2D eigenvalue weighted by Crippen LogP contribution is -1.98. The Kier molecular flexibility index (Phi) is 2.92. The normalized spacial score (nSPS) is 10.6. The van der Waals surface area contributed by atoms with Gasteiger partial charge in [-0.05, 0) is 12.1 Å². The molecule has 0 spiro atoms. The summed E-state index contributed by atoms with van der Waals surface area (Å²) in [7, 11) is 2.00. The van der Waals surface area contributed by atoms with Gasteiger partial charge in [0.2, 0.25) is 0 Å². The quantitative estimate of drug-likeness (QED) is 0.537. The van der Waals surface area contributed by atoms with E-state index in [0.717, 1.165) is 28.1 Å². The molecule has 0 N–H and O–H groups in total. The average molecular weight is 263 g/mol. The first-order valence-corrected chi connectivity index (χ1v) is 6.29. The fourth-order valence-corrected chi connectivity index (χ4v) is 2.54. The SMILES string of the molecule is C#CCOc1cc2c(cc1C=O)c1ccccc1n2C. The number of hydrogen-bond acceptors (Lipinski definition) is 2. The van der Waals surface area contributed by atoms with Crippen molar-refractivity contribution in [1.82, 2.24) is 4.57 Å². The number of hydrogen-bond donors (Lipinski definition) is 0. The number of carbonyl (C=O) groups excluding carboxylic acids is 1. The van der Waals surface area contributed by atoms with Crippen LogP contribution in [0.15, 0.2) is 36.4 Å². The van der Waals surface area contributed by atoms with Crippen molar-refractivity contribution < 1.29 is 9.53 Å². The number of aryl methyl sites for hydroxylation is 1. The molecule has 3 rings (SSSR count). The third kappa shape index (κ3) is 1.74. The second kappa shape index (κ2) is 4.75. The minimum Gasteiger partial charge on any atom is -0.480 e. The Labute approximate surface area is 116 Å². The Morgan fingerprint density at radius 3 is 2.80 bits per heavy atom. The van der Waals surface area contributed by atoms with Crippen molar-refractivity contribution >= 4 is 28.1 Å². The van der Waals surface area contributed by atoms with Gasteiger partial charge in [-0.2, -0.15) is 0 Å². The zero-order valence-corrected chi connectivity index (χ0v) is 11.1. The zero-order valence-electron chi connectivity index (χ0n) is 11.1. The topological polar surface area (TPSA) is 31.2 Å². The monoisotopic (exact) mass is 263 g/mol. The fraction of sp³-hybridized carbons (Fsp3) is 0.118. The Balaban J connectivity index is 2.35. The van der Waals surface area contributed by atoms with Crippen LogP contribution in [0.1, 0.15) is 10.4 Å². The summed E-state index contributed by atoms with van der Waals surface area (Å²) in [6.07, 6.45) is 6.00. The maximum Gasteiger partial charge on any atom is 0.153 e. The summed E-state index contributed by atoms with van der Waals surface area (Å²) in [5.41, 5.74) is 2.65. The van der Waals surface area contributed by atoms with E-state index in [4.69, 9.17) is 11.2 Å². The lowest BCUT2D eigenvalue weighted by Gasteiger charge is -2.06. The molecule has 0 bridgehead atoms. The number of aldehydes is 1. The van der Waals surface area contributed by atoms with Gasteiger partial charge in [0.1, 0.15) is 12.4 Å². The minimum absolute atomic E-state index is 0.149. The third-order valence-electron chi connectivity index (χ3n) is 3.48. The van der Waals surface area contributed by atoms with E-state index in [0.29, 0.717) is 11.3 Å². The molecule has 0 amide bonds. The molecule has 3 heteroatoms. The highest BCUT2D eigenvalue weighted by Gasteiger charge is 2.12. The van der Waals surface area contributed by atoms with Crippen molar-refractivity contribution in [1.29, 1.82) is 0 Å². The summed E-state index contributed by atoms with van der Waals surface area (Å²) in [4.78, 5) is 11.2. The molecule has 0 unspecified atom stereocenters. The summed E-state index contributed by atoms with van der Waals surface area (Å²) in [5, 5.41) is 2.16. The van der Waals surface area contributed by atoms with E-state index in [1.165, 1.54) is 0 Å². The van der Waals surface area contributed by atoms with Gasteiger partial charge in [0.05, 0.1) is 11.1 Å². The summed E-state index contributed by atoms with van der Waals surface area (Å²) in [6, 6.07) is 11.8. The molecule has 20 heavy (non-hydrogen) atoms. The van der Waals surface area contributed by atoms with E-state index in [1.807, 2.05) is 37.4 Å². The molecule has 0 saturated carbocycles. The van der Waals surface area contributed by atoms with Crippen molar-refractivity contribution in [3.8, 4) is 18.1 Å². The van der Waals surface area contributed by atoms with Crippen LogP contribution in [0.5, 0.6) is 5.75 Å². The van der Waals surface area contributed by atoms with E-state index < -0.39 is 0 Å². The van der Waals surface area contributed by atoms with Gasteiger partial charge in [-0.25, -0.2) is 0 Å². The van der Waals surface area contributed by atoms with Gasteiger partial charge in [0.25, 0.3) is 0 Å². The van der Waals surface area contributed by atoms with Gasteiger partial charge in [-0.1, -0.05) is 24.1 Å². The highest BCUT2D eigenvalue weighted by molar-refractivity contribution is 6.10. The standard InChI is InChI=1S/C17H13NO2/c1-3-8-20-17-10-16-14(9-12(17)11-19)13-6-4-5-7-15(13)18(16)2/h1,4-7,9-11H,8H2,2H3. The molecular weight excluding hydrogens is 250 g/mol. The predicted molar refractivity (Wildman–Crippen MR) is 80.1 cm³/mol. The summed E-state index contributed by atoms with van der Waals surface area (Å²) < 4.78 is 7.54. The van der Waals surface area contributed by atoms with E-state index >= 15 is 0 Å². The molecule has 0 atom stereocenters. The Morgan fingerprint density at radius 1 is 1.25 bits per heavy atom. The number of para-hydroxylation sites is 1. The largest absolute Gasteiger partial charge is 0.480 e. The number of carbonyl (C=O) groups is 1. The lowest BCUT2D eigenvalue weighted by atomic mass is 10.1. The molecule has 0 aliphatic carbocycles. The van der Waals surface area contributed by atoms with Gasteiger partial charge in [0, 0.05) is 29.4 Å². The molecule has 0 saturated heterocycles. The fourth-order valence-electron chi connectivity index (χ4n) is 2.54. The number of terminal acetylenes is 1. The molecule has 0 fully saturated rings. The molecule has 0 aliphatic rings. The molecule has 1 heterocycles. The maximum absolute atomic E-state index is 11.2. The van der Waals surface area contributed by atoms with Crippen LogP contribution in [-0.4, -0.2) is 17.5 Å². The van der Waals surface area contributed by atoms with Crippen molar-refractivity contribution in [2.24, 2.45) is 7.05 Å². The molecular formula is C17H13NO2. The van der Waals surface area contributed by atoms with E-state index in [-0.39, 0.29) is 6.61 Å². The number of rotatable bonds is 3. The van der Waals surface area contributed by atoms with E-state index in [1.54, 1.807) is 0 Å². The van der Waals surface area contributed by atoms with Gasteiger partial charge >= 0.3 is 0 Å². The van der Waals surface area contributed by atoms with Crippen molar-refractivity contribution in [2.45, 2.75) is 0 Å². The second-order valence-electron chi connectivity index (χ2n) is 4.59.